The van der Waals surface area contributed by atoms with Crippen molar-refractivity contribution in [3.8, 4) is 0 Å². The molecule has 0 saturated carbocycles. The highest BCUT2D eigenvalue weighted by molar-refractivity contribution is 9.10. The summed E-state index contributed by atoms with van der Waals surface area (Å²) in [4.78, 5) is 24.8. The van der Waals surface area contributed by atoms with Crippen LogP contribution in [0.3, 0.4) is 0 Å². The number of nitrogens with one attached hydrogen (secondary N) is 1. The molecule has 1 aromatic rings. The molecule has 1 N–H and O–H groups in total. The maximum Gasteiger partial charge on any atom is 0.500 e. The summed E-state index contributed by atoms with van der Waals surface area (Å²) in [6.45, 7) is 1.45. The first-order valence-electron chi connectivity index (χ1n) is 6.31. The Balaban J connectivity index is 2.42. The first kappa shape index (κ1) is 16.6. The molecule has 1 unspecified atom stereocenters. The number of amides is 3. The van der Waals surface area contributed by atoms with Gasteiger partial charge in [-0.25, -0.2) is 13.2 Å². The minimum absolute atomic E-state index is 0.165. The summed E-state index contributed by atoms with van der Waals surface area (Å²) in [6, 6.07) is 5.95. The molecule has 1 heterocycles. The molecule has 9 heteroatoms. The molecule has 0 saturated heterocycles. The lowest BCUT2D eigenvalue weighted by molar-refractivity contribution is -0.405. The van der Waals surface area contributed by atoms with Crippen molar-refractivity contribution in [3.05, 3.63) is 28.7 Å². The van der Waals surface area contributed by atoms with Gasteiger partial charge in [-0.05, 0) is 31.2 Å². The Bertz CT molecular complexity index is 771. The van der Waals surface area contributed by atoms with E-state index in [0.29, 0.717) is 5.69 Å². The maximum absolute atomic E-state index is 12.5. The number of nitrogens with zero attached hydrogens (tertiary/aromatic N) is 2. The number of sulfonamides is 1. The first-order valence-corrected chi connectivity index (χ1v) is 8.65. The van der Waals surface area contributed by atoms with Gasteiger partial charge in [0.1, 0.15) is 5.71 Å². The molecule has 118 valence electrons. The van der Waals surface area contributed by atoms with Gasteiger partial charge in [0, 0.05) is 10.2 Å². The van der Waals surface area contributed by atoms with E-state index in [1.54, 1.807) is 24.3 Å². The molecule has 22 heavy (non-hydrogen) atoms. The number of benzene rings is 1. The van der Waals surface area contributed by atoms with Gasteiger partial charge in [-0.1, -0.05) is 15.9 Å². The van der Waals surface area contributed by atoms with E-state index < -0.39 is 27.2 Å². The van der Waals surface area contributed by atoms with Crippen molar-refractivity contribution < 1.29 is 22.6 Å². The van der Waals surface area contributed by atoms with Crippen molar-refractivity contribution in [3.63, 3.8) is 0 Å². The molecule has 0 radical (unpaired) electrons. The van der Waals surface area contributed by atoms with Crippen molar-refractivity contribution in [1.29, 1.82) is 0 Å². The molecule has 1 aromatic carbocycles. The number of halogens is 1. The molecular formula is C13H15BrN3O4S+. The zero-order valence-electron chi connectivity index (χ0n) is 12.2. The lowest BCUT2D eigenvalue weighted by Crippen LogP contribution is -2.57. The third-order valence-corrected chi connectivity index (χ3v) is 5.66. The quantitative estimate of drug-likeness (QED) is 0.789. The standard InChI is InChI=1S/C13H15BrN3O4S/c1-8-11(12(18)17(3)13(19)16(8)2)22(20,21)15-10-6-4-9(14)5-7-10/h4-7,11,15H,1-3H3/q+1. The molecule has 1 aliphatic rings. The molecule has 1 aliphatic heterocycles. The lowest BCUT2D eigenvalue weighted by atomic mass is 10.2. The van der Waals surface area contributed by atoms with Gasteiger partial charge >= 0.3 is 11.9 Å². The SMILES string of the molecule is CC1=[N+](C)C(=O)N(C)C(=O)C1S(=O)(=O)Nc1ccc(Br)cc1. The van der Waals surface area contributed by atoms with Crippen LogP contribution in [-0.4, -0.2) is 54.9 Å². The molecule has 3 amide bonds. The summed E-state index contributed by atoms with van der Waals surface area (Å²) in [5.74, 6) is -0.773. The highest BCUT2D eigenvalue weighted by Crippen LogP contribution is 2.19. The van der Waals surface area contributed by atoms with Crippen LogP contribution in [0.15, 0.2) is 28.7 Å². The second-order valence-corrected chi connectivity index (χ2v) is 7.60. The van der Waals surface area contributed by atoms with Crippen LogP contribution in [-0.2, 0) is 14.8 Å². The molecule has 7 nitrogen and oxygen atoms in total. The molecule has 0 spiro atoms. The van der Waals surface area contributed by atoms with Crippen LogP contribution in [0.1, 0.15) is 6.92 Å². The fourth-order valence-corrected chi connectivity index (χ4v) is 3.98. The van der Waals surface area contributed by atoms with Crippen molar-refractivity contribution in [2.45, 2.75) is 12.2 Å². The summed E-state index contributed by atoms with van der Waals surface area (Å²) < 4.78 is 29.4. The van der Waals surface area contributed by atoms with Gasteiger partial charge in [0.2, 0.25) is 5.25 Å². The molecule has 0 fully saturated rings. The van der Waals surface area contributed by atoms with Crippen LogP contribution < -0.4 is 4.72 Å². The van der Waals surface area contributed by atoms with E-state index in [-0.39, 0.29) is 5.71 Å². The highest BCUT2D eigenvalue weighted by Gasteiger charge is 2.50. The van der Waals surface area contributed by atoms with Gasteiger partial charge in [-0.15, -0.1) is 0 Å². The number of rotatable bonds is 3. The summed E-state index contributed by atoms with van der Waals surface area (Å²) in [7, 11) is -1.33. The average molecular weight is 389 g/mol. The van der Waals surface area contributed by atoms with Gasteiger partial charge in [-0.2, -0.15) is 14.3 Å². The van der Waals surface area contributed by atoms with Crippen LogP contribution in [0.25, 0.3) is 0 Å². The van der Waals surface area contributed by atoms with Crippen molar-refractivity contribution in [2.24, 2.45) is 0 Å². The Kier molecular flexibility index (Phi) is 4.39. The minimum atomic E-state index is -4.02. The van der Waals surface area contributed by atoms with Gasteiger partial charge < -0.3 is 0 Å². The predicted molar refractivity (Wildman–Crippen MR) is 85.5 cm³/mol. The van der Waals surface area contributed by atoms with Gasteiger partial charge in [0.15, 0.2) is 0 Å². The smallest absolute Gasteiger partial charge is 0.282 e. The zero-order chi connectivity index (χ0) is 16.7. The van der Waals surface area contributed by atoms with E-state index in [1.807, 2.05) is 0 Å². The van der Waals surface area contributed by atoms with Gasteiger partial charge in [-0.3, -0.25) is 4.72 Å². The fourth-order valence-electron chi connectivity index (χ4n) is 2.10. The van der Waals surface area contributed by atoms with Crippen LogP contribution >= 0.6 is 15.9 Å². The summed E-state index contributed by atoms with van der Waals surface area (Å²) in [6.07, 6.45) is 0. The molecule has 0 aliphatic carbocycles. The number of urea groups is 1. The first-order chi connectivity index (χ1) is 10.1. The molecule has 0 bridgehead atoms. The number of hydrogen-bond acceptors (Lipinski definition) is 4. The number of carbonyl (C=O) groups excluding carboxylic acids is 2. The number of anilines is 1. The van der Waals surface area contributed by atoms with Crippen molar-refractivity contribution >= 4 is 49.3 Å². The number of imide groups is 1. The Morgan fingerprint density at radius 3 is 2.32 bits per heavy atom. The van der Waals surface area contributed by atoms with Crippen LogP contribution in [0.5, 0.6) is 0 Å². The Labute approximate surface area is 136 Å². The summed E-state index contributed by atoms with van der Waals surface area (Å²) in [5.41, 5.74) is 0.503. The Hall–Kier alpha value is -1.74. The zero-order valence-corrected chi connectivity index (χ0v) is 14.6. The fraction of sp³-hybridized carbons (Fsp3) is 0.308. The maximum atomic E-state index is 12.5. The Morgan fingerprint density at radius 1 is 1.23 bits per heavy atom. The number of carbonyl (C=O) groups is 2. The highest BCUT2D eigenvalue weighted by atomic mass is 79.9. The van der Waals surface area contributed by atoms with E-state index in [4.69, 9.17) is 0 Å². The lowest BCUT2D eigenvalue weighted by Gasteiger charge is -2.23. The van der Waals surface area contributed by atoms with Crippen molar-refractivity contribution in [1.82, 2.24) is 4.90 Å². The van der Waals surface area contributed by atoms with Crippen LogP contribution in [0, 0.1) is 0 Å². The second-order valence-electron chi connectivity index (χ2n) is 4.91. The third-order valence-electron chi connectivity index (χ3n) is 3.45. The summed E-state index contributed by atoms with van der Waals surface area (Å²) in [5, 5.41) is -1.44. The monoisotopic (exact) mass is 388 g/mol. The molecule has 1 atom stereocenters. The molecule has 0 aromatic heterocycles. The van der Waals surface area contributed by atoms with Crippen LogP contribution in [0.2, 0.25) is 0 Å². The van der Waals surface area contributed by atoms with E-state index in [9.17, 15) is 18.0 Å². The van der Waals surface area contributed by atoms with E-state index in [1.165, 1.54) is 21.0 Å². The normalized spacial score (nSPS) is 19.6. The minimum Gasteiger partial charge on any atom is -0.282 e. The van der Waals surface area contributed by atoms with Gasteiger partial charge in [0.25, 0.3) is 10.0 Å². The van der Waals surface area contributed by atoms with E-state index in [2.05, 4.69) is 20.7 Å². The predicted octanol–water partition coefficient (Wildman–Crippen LogP) is 1.25. The topological polar surface area (TPSA) is 86.6 Å². The Morgan fingerprint density at radius 2 is 1.77 bits per heavy atom. The summed E-state index contributed by atoms with van der Waals surface area (Å²) >= 11 is 3.26. The van der Waals surface area contributed by atoms with E-state index in [0.717, 1.165) is 13.9 Å². The third kappa shape index (κ3) is 2.91. The van der Waals surface area contributed by atoms with Crippen LogP contribution in [0.4, 0.5) is 10.5 Å². The largest absolute Gasteiger partial charge is 0.500 e. The molecule has 2 rings (SSSR count). The second kappa shape index (κ2) is 5.81. The van der Waals surface area contributed by atoms with Gasteiger partial charge in [0.05, 0.1) is 14.1 Å². The molecular weight excluding hydrogens is 374 g/mol. The van der Waals surface area contributed by atoms with Crippen molar-refractivity contribution in [2.75, 3.05) is 18.8 Å². The van der Waals surface area contributed by atoms with E-state index >= 15 is 0 Å². The average Bonchev–Trinajstić information content (AvgIpc) is 2.45. The number of hydrogen-bond donors (Lipinski definition) is 1.